The maximum atomic E-state index is 13.7. The minimum absolute atomic E-state index is 0.00535. The molecule has 2 nitrogen and oxygen atoms in total. The molecule has 0 bridgehead atoms. The fourth-order valence-electron chi connectivity index (χ4n) is 2.22. The first-order valence-corrected chi connectivity index (χ1v) is 6.83. The molecular weight excluding hydrogens is 248 g/mol. The Kier molecular flexibility index (Phi) is 6.95. The summed E-state index contributed by atoms with van der Waals surface area (Å²) in [4.78, 5) is 0. The Morgan fingerprint density at radius 3 is 2.58 bits per heavy atom. The quantitative estimate of drug-likeness (QED) is 0.783. The second-order valence-electron chi connectivity index (χ2n) is 4.66. The van der Waals surface area contributed by atoms with Crippen molar-refractivity contribution in [3.8, 4) is 0 Å². The summed E-state index contributed by atoms with van der Waals surface area (Å²) in [6.07, 6.45) is 2.24. The van der Waals surface area contributed by atoms with Crippen LogP contribution in [0.1, 0.15) is 32.3 Å². The fourth-order valence-corrected chi connectivity index (χ4v) is 2.22. The molecule has 1 rings (SSSR count). The summed E-state index contributed by atoms with van der Waals surface area (Å²) in [6, 6.07) is 4.30. The second-order valence-corrected chi connectivity index (χ2v) is 4.66. The zero-order chi connectivity index (χ0) is 14.3. The monoisotopic (exact) mass is 271 g/mol. The van der Waals surface area contributed by atoms with Crippen molar-refractivity contribution in [1.29, 1.82) is 0 Å². The van der Waals surface area contributed by atoms with Gasteiger partial charge in [-0.05, 0) is 37.4 Å². The lowest BCUT2D eigenvalue weighted by atomic mass is 9.99. The van der Waals surface area contributed by atoms with Crippen molar-refractivity contribution >= 4 is 0 Å². The molecule has 0 aliphatic carbocycles. The molecule has 0 radical (unpaired) electrons. The molecule has 0 heterocycles. The second kappa shape index (κ2) is 8.23. The average Bonchev–Trinajstić information content (AvgIpc) is 2.42. The Hall–Kier alpha value is -1.00. The van der Waals surface area contributed by atoms with Gasteiger partial charge in [-0.1, -0.05) is 26.0 Å². The summed E-state index contributed by atoms with van der Waals surface area (Å²) in [7, 11) is 1.65. The van der Waals surface area contributed by atoms with E-state index in [9.17, 15) is 8.78 Å². The van der Waals surface area contributed by atoms with Crippen LogP contribution in [0.3, 0.4) is 0 Å². The van der Waals surface area contributed by atoms with Crippen LogP contribution in [0, 0.1) is 11.6 Å². The van der Waals surface area contributed by atoms with Crippen LogP contribution in [0.15, 0.2) is 18.2 Å². The smallest absolute Gasteiger partial charge is 0.162 e. The standard InChI is InChI=1S/C15H23F2NO/c1-4-9-18-13(14(5-2)19-3)10-11-7-6-8-12(16)15(11)17/h6-8,13-14,18H,4-5,9-10H2,1-3H3. The SMILES string of the molecule is CCCNC(Cc1cccc(F)c1F)C(CC)OC. The van der Waals surface area contributed by atoms with Crippen molar-refractivity contribution in [1.82, 2.24) is 5.32 Å². The third-order valence-corrected chi connectivity index (χ3v) is 3.28. The van der Waals surface area contributed by atoms with E-state index in [1.807, 2.05) is 6.92 Å². The number of benzene rings is 1. The van der Waals surface area contributed by atoms with E-state index in [0.717, 1.165) is 25.5 Å². The number of hydrogen-bond acceptors (Lipinski definition) is 2. The minimum atomic E-state index is -0.794. The first-order chi connectivity index (χ1) is 9.13. The lowest BCUT2D eigenvalue weighted by molar-refractivity contribution is 0.0650. The Morgan fingerprint density at radius 2 is 2.00 bits per heavy atom. The molecule has 4 heteroatoms. The van der Waals surface area contributed by atoms with Crippen LogP contribution in [0.2, 0.25) is 0 Å². The van der Waals surface area contributed by atoms with E-state index < -0.39 is 11.6 Å². The van der Waals surface area contributed by atoms with Gasteiger partial charge in [0.1, 0.15) is 0 Å². The van der Waals surface area contributed by atoms with Crippen molar-refractivity contribution in [2.24, 2.45) is 0 Å². The zero-order valence-electron chi connectivity index (χ0n) is 11.9. The summed E-state index contributed by atoms with van der Waals surface area (Å²) in [5, 5.41) is 3.35. The summed E-state index contributed by atoms with van der Waals surface area (Å²) >= 11 is 0. The van der Waals surface area contributed by atoms with Crippen LogP contribution in [0.25, 0.3) is 0 Å². The van der Waals surface area contributed by atoms with Crippen LogP contribution < -0.4 is 5.32 Å². The first-order valence-electron chi connectivity index (χ1n) is 6.83. The van der Waals surface area contributed by atoms with Crippen LogP contribution in [0.5, 0.6) is 0 Å². The Morgan fingerprint density at radius 1 is 1.26 bits per heavy atom. The predicted molar refractivity (Wildman–Crippen MR) is 73.2 cm³/mol. The normalized spacial score (nSPS) is 14.4. The maximum absolute atomic E-state index is 13.7. The van der Waals surface area contributed by atoms with Gasteiger partial charge in [0.05, 0.1) is 6.10 Å². The highest BCUT2D eigenvalue weighted by Crippen LogP contribution is 2.16. The van der Waals surface area contributed by atoms with Crippen molar-refractivity contribution in [2.75, 3.05) is 13.7 Å². The molecule has 0 aliphatic heterocycles. The molecule has 1 N–H and O–H groups in total. The maximum Gasteiger partial charge on any atom is 0.162 e. The number of hydrogen-bond donors (Lipinski definition) is 1. The highest BCUT2D eigenvalue weighted by atomic mass is 19.2. The summed E-state index contributed by atoms with van der Waals surface area (Å²) in [6.45, 7) is 4.93. The zero-order valence-corrected chi connectivity index (χ0v) is 11.9. The van der Waals surface area contributed by atoms with Gasteiger partial charge < -0.3 is 10.1 Å². The Balaban J connectivity index is 2.83. The Labute approximate surface area is 114 Å². The van der Waals surface area contributed by atoms with Crippen LogP contribution in [-0.4, -0.2) is 25.8 Å². The molecule has 0 saturated heterocycles. The van der Waals surface area contributed by atoms with E-state index in [0.29, 0.717) is 12.0 Å². The molecule has 2 unspecified atom stereocenters. The molecule has 0 saturated carbocycles. The number of ether oxygens (including phenoxy) is 1. The van der Waals surface area contributed by atoms with Crippen LogP contribution in [-0.2, 0) is 11.2 Å². The van der Waals surface area contributed by atoms with Gasteiger partial charge in [0.15, 0.2) is 11.6 Å². The third kappa shape index (κ3) is 4.55. The van der Waals surface area contributed by atoms with Gasteiger partial charge in [0.25, 0.3) is 0 Å². The van der Waals surface area contributed by atoms with Crippen molar-refractivity contribution in [3.63, 3.8) is 0 Å². The predicted octanol–water partition coefficient (Wildman–Crippen LogP) is 3.30. The largest absolute Gasteiger partial charge is 0.380 e. The molecular formula is C15H23F2NO. The molecule has 0 spiro atoms. The van der Waals surface area contributed by atoms with Gasteiger partial charge in [0, 0.05) is 13.2 Å². The fraction of sp³-hybridized carbons (Fsp3) is 0.600. The lowest BCUT2D eigenvalue weighted by Gasteiger charge is -2.26. The molecule has 2 atom stereocenters. The van der Waals surface area contributed by atoms with E-state index in [2.05, 4.69) is 12.2 Å². The third-order valence-electron chi connectivity index (χ3n) is 3.28. The van der Waals surface area contributed by atoms with Gasteiger partial charge >= 0.3 is 0 Å². The van der Waals surface area contributed by atoms with Crippen molar-refractivity contribution in [2.45, 2.75) is 45.3 Å². The first kappa shape index (κ1) is 16.1. The van der Waals surface area contributed by atoms with Gasteiger partial charge in [-0.15, -0.1) is 0 Å². The molecule has 19 heavy (non-hydrogen) atoms. The van der Waals surface area contributed by atoms with Gasteiger partial charge in [-0.3, -0.25) is 0 Å². The van der Waals surface area contributed by atoms with E-state index in [4.69, 9.17) is 4.74 Å². The summed E-state index contributed by atoms with van der Waals surface area (Å²) in [5.74, 6) is -1.55. The number of nitrogens with one attached hydrogen (secondary N) is 1. The highest BCUT2D eigenvalue weighted by Gasteiger charge is 2.21. The lowest BCUT2D eigenvalue weighted by Crippen LogP contribution is -2.42. The molecule has 1 aromatic rings. The molecule has 0 aromatic heterocycles. The number of halogens is 2. The molecule has 0 amide bonds. The van der Waals surface area contributed by atoms with Crippen molar-refractivity contribution < 1.29 is 13.5 Å². The summed E-state index contributed by atoms with van der Waals surface area (Å²) in [5.41, 5.74) is 0.393. The minimum Gasteiger partial charge on any atom is -0.380 e. The summed E-state index contributed by atoms with van der Waals surface area (Å²) < 4.78 is 32.4. The molecule has 0 fully saturated rings. The van der Waals surface area contributed by atoms with E-state index in [1.165, 1.54) is 0 Å². The van der Waals surface area contributed by atoms with Crippen LogP contribution in [0.4, 0.5) is 8.78 Å². The van der Waals surface area contributed by atoms with E-state index in [-0.39, 0.29) is 12.1 Å². The topological polar surface area (TPSA) is 21.3 Å². The number of methoxy groups -OCH3 is 1. The molecule has 1 aromatic carbocycles. The molecule has 108 valence electrons. The van der Waals surface area contributed by atoms with Gasteiger partial charge in [0.2, 0.25) is 0 Å². The molecule has 0 aliphatic rings. The average molecular weight is 271 g/mol. The van der Waals surface area contributed by atoms with E-state index in [1.54, 1.807) is 19.2 Å². The van der Waals surface area contributed by atoms with Gasteiger partial charge in [-0.25, -0.2) is 8.78 Å². The van der Waals surface area contributed by atoms with Crippen LogP contribution >= 0.6 is 0 Å². The van der Waals surface area contributed by atoms with Gasteiger partial charge in [-0.2, -0.15) is 0 Å². The Bertz CT molecular complexity index is 380. The highest BCUT2D eigenvalue weighted by molar-refractivity contribution is 5.20. The number of rotatable bonds is 8. The van der Waals surface area contributed by atoms with Crippen molar-refractivity contribution in [3.05, 3.63) is 35.4 Å². The van der Waals surface area contributed by atoms with E-state index >= 15 is 0 Å².